The fourth-order valence-electron chi connectivity index (χ4n) is 3.39. The number of nitrogens with zero attached hydrogens (tertiary/aromatic N) is 2. The largest absolute Gasteiger partial charge is 0.394 e. The fourth-order valence-corrected chi connectivity index (χ4v) is 3.39. The number of amides is 1. The van der Waals surface area contributed by atoms with Crippen LogP contribution in [0, 0.1) is 11.3 Å². The van der Waals surface area contributed by atoms with Gasteiger partial charge in [0.1, 0.15) is 11.6 Å². The van der Waals surface area contributed by atoms with Gasteiger partial charge in [-0.05, 0) is 59.9 Å². The summed E-state index contributed by atoms with van der Waals surface area (Å²) in [6.07, 6.45) is 1.13. The maximum Gasteiger partial charge on any atom is 0.262 e. The van der Waals surface area contributed by atoms with E-state index < -0.39 is 18.6 Å². The van der Waals surface area contributed by atoms with Gasteiger partial charge in [-0.25, -0.2) is 0 Å². The van der Waals surface area contributed by atoms with Gasteiger partial charge in [-0.2, -0.15) is 5.26 Å². The van der Waals surface area contributed by atoms with Crippen molar-refractivity contribution in [1.82, 2.24) is 5.32 Å². The van der Waals surface area contributed by atoms with E-state index in [2.05, 4.69) is 42.3 Å². The maximum atomic E-state index is 12.3. The van der Waals surface area contributed by atoms with E-state index in [9.17, 15) is 15.2 Å². The van der Waals surface area contributed by atoms with Crippen molar-refractivity contribution < 1.29 is 15.0 Å². The topological polar surface area (TPSA) is 96.6 Å². The normalized spacial score (nSPS) is 12.8. The van der Waals surface area contributed by atoms with Gasteiger partial charge in [0.25, 0.3) is 5.91 Å². The zero-order valence-electron chi connectivity index (χ0n) is 18.0. The van der Waals surface area contributed by atoms with Gasteiger partial charge in [-0.15, -0.1) is 0 Å². The summed E-state index contributed by atoms with van der Waals surface area (Å²) in [5, 5.41) is 32.4. The summed E-state index contributed by atoms with van der Waals surface area (Å²) < 4.78 is 0. The van der Waals surface area contributed by atoms with Crippen LogP contribution in [0.4, 0.5) is 5.69 Å². The number of carbonyl (C=O) groups is 1. The maximum absolute atomic E-state index is 12.3. The number of hydrogen-bond donors (Lipinski definition) is 3. The third-order valence-electron chi connectivity index (χ3n) is 5.03. The van der Waals surface area contributed by atoms with E-state index in [0.717, 1.165) is 42.3 Å². The molecule has 0 bridgehead atoms. The lowest BCUT2D eigenvalue weighted by atomic mass is 9.98. The first-order valence-electron chi connectivity index (χ1n) is 10.4. The standard InChI is InChI=1S/C24H31N3O3/c1-4-10-27(11-5-2)21-9-8-19-12-18(6-7-20(19)13-21)17(3)23(14-25)24(30)26-15-22(29)16-28/h6-9,12-13,22,28-29H,4-5,10-11,15-16H2,1-3H3,(H,26,30)/b23-17+. The van der Waals surface area contributed by atoms with Crippen LogP contribution in [0.25, 0.3) is 16.3 Å². The monoisotopic (exact) mass is 409 g/mol. The summed E-state index contributed by atoms with van der Waals surface area (Å²) in [5.41, 5.74) is 2.56. The first-order valence-corrected chi connectivity index (χ1v) is 10.4. The number of aliphatic hydroxyl groups excluding tert-OH is 2. The molecule has 1 atom stereocenters. The summed E-state index contributed by atoms with van der Waals surface area (Å²) in [6.45, 7) is 7.57. The molecule has 30 heavy (non-hydrogen) atoms. The number of carbonyl (C=O) groups excluding carboxylic acids is 1. The molecule has 0 aromatic heterocycles. The molecule has 1 unspecified atom stereocenters. The molecule has 2 aromatic carbocycles. The predicted octanol–water partition coefficient (Wildman–Crippen LogP) is 3.23. The molecule has 1 amide bonds. The second-order valence-electron chi connectivity index (χ2n) is 7.39. The Morgan fingerprint density at radius 2 is 1.77 bits per heavy atom. The Morgan fingerprint density at radius 3 is 2.37 bits per heavy atom. The molecule has 2 rings (SSSR count). The highest BCUT2D eigenvalue weighted by molar-refractivity contribution is 6.05. The van der Waals surface area contributed by atoms with Crippen LogP contribution in [0.3, 0.4) is 0 Å². The van der Waals surface area contributed by atoms with Gasteiger partial charge in [0, 0.05) is 25.3 Å². The SMILES string of the molecule is CCCN(CCC)c1ccc2cc(/C(C)=C(\C#N)C(=O)NCC(O)CO)ccc2c1. The molecule has 2 aromatic rings. The Morgan fingerprint density at radius 1 is 1.13 bits per heavy atom. The lowest BCUT2D eigenvalue weighted by molar-refractivity contribution is -0.117. The van der Waals surface area contributed by atoms with Gasteiger partial charge >= 0.3 is 0 Å². The molecular formula is C24H31N3O3. The summed E-state index contributed by atoms with van der Waals surface area (Å²) >= 11 is 0. The second kappa shape index (κ2) is 11.3. The summed E-state index contributed by atoms with van der Waals surface area (Å²) in [4.78, 5) is 14.7. The van der Waals surface area contributed by atoms with Gasteiger partial charge in [0.05, 0.1) is 12.7 Å². The first kappa shape index (κ1) is 23.4. The Labute approximate surface area is 178 Å². The fraction of sp³-hybridized carbons (Fsp3) is 0.417. The number of nitriles is 1. The number of fused-ring (bicyclic) bond motifs is 1. The minimum atomic E-state index is -1.05. The van der Waals surface area contributed by atoms with E-state index in [1.54, 1.807) is 6.92 Å². The molecule has 0 aliphatic heterocycles. The van der Waals surface area contributed by atoms with E-state index in [4.69, 9.17) is 5.11 Å². The lowest BCUT2D eigenvalue weighted by Gasteiger charge is -2.24. The van der Waals surface area contributed by atoms with Crippen LogP contribution in [0.15, 0.2) is 42.0 Å². The summed E-state index contributed by atoms with van der Waals surface area (Å²) in [5.74, 6) is -0.562. The highest BCUT2D eigenvalue weighted by Crippen LogP contribution is 2.27. The molecular weight excluding hydrogens is 378 g/mol. The molecule has 0 saturated carbocycles. The molecule has 0 saturated heterocycles. The Kier molecular flexibility index (Phi) is 8.85. The van der Waals surface area contributed by atoms with Crippen LogP contribution < -0.4 is 10.2 Å². The van der Waals surface area contributed by atoms with Crippen molar-refractivity contribution in [3.63, 3.8) is 0 Å². The number of nitrogens with one attached hydrogen (secondary N) is 1. The molecule has 0 fully saturated rings. The summed E-state index contributed by atoms with van der Waals surface area (Å²) in [6, 6.07) is 14.2. The highest BCUT2D eigenvalue weighted by atomic mass is 16.3. The zero-order valence-corrected chi connectivity index (χ0v) is 18.0. The van der Waals surface area contributed by atoms with Crippen LogP contribution in [-0.2, 0) is 4.79 Å². The van der Waals surface area contributed by atoms with Crippen LogP contribution in [0.1, 0.15) is 39.2 Å². The van der Waals surface area contributed by atoms with Crippen molar-refractivity contribution in [3.8, 4) is 6.07 Å². The summed E-state index contributed by atoms with van der Waals surface area (Å²) in [7, 11) is 0. The Hall–Kier alpha value is -2.88. The average molecular weight is 410 g/mol. The van der Waals surface area contributed by atoms with Crippen LogP contribution in [-0.4, -0.2) is 48.5 Å². The van der Waals surface area contributed by atoms with E-state index in [1.165, 1.54) is 5.69 Å². The van der Waals surface area contributed by atoms with Gasteiger partial charge in [0.15, 0.2) is 0 Å². The van der Waals surface area contributed by atoms with E-state index >= 15 is 0 Å². The Balaban J connectivity index is 2.33. The van der Waals surface area contributed by atoms with Gasteiger partial charge < -0.3 is 20.4 Å². The molecule has 0 heterocycles. The minimum absolute atomic E-state index is 0.00632. The van der Waals surface area contributed by atoms with Crippen LogP contribution >= 0.6 is 0 Å². The third kappa shape index (κ3) is 5.82. The van der Waals surface area contributed by atoms with Crippen molar-refractivity contribution in [2.75, 3.05) is 31.1 Å². The van der Waals surface area contributed by atoms with E-state index in [-0.39, 0.29) is 12.1 Å². The van der Waals surface area contributed by atoms with Gasteiger partial charge in [0.2, 0.25) is 0 Å². The van der Waals surface area contributed by atoms with Crippen molar-refractivity contribution in [1.29, 1.82) is 5.26 Å². The number of aliphatic hydroxyl groups is 2. The Bertz CT molecular complexity index is 940. The van der Waals surface area contributed by atoms with Crippen LogP contribution in [0.5, 0.6) is 0 Å². The molecule has 6 nitrogen and oxygen atoms in total. The predicted molar refractivity (Wildman–Crippen MR) is 121 cm³/mol. The smallest absolute Gasteiger partial charge is 0.262 e. The first-order chi connectivity index (χ1) is 14.4. The molecule has 0 aliphatic rings. The van der Waals surface area contributed by atoms with Crippen molar-refractivity contribution in [2.24, 2.45) is 0 Å². The quantitative estimate of drug-likeness (QED) is 0.414. The number of benzene rings is 2. The van der Waals surface area contributed by atoms with Crippen molar-refractivity contribution >= 4 is 27.9 Å². The minimum Gasteiger partial charge on any atom is -0.394 e. The van der Waals surface area contributed by atoms with E-state index in [1.807, 2.05) is 24.3 Å². The third-order valence-corrected chi connectivity index (χ3v) is 5.03. The second-order valence-corrected chi connectivity index (χ2v) is 7.39. The molecule has 0 aliphatic carbocycles. The molecule has 0 spiro atoms. The number of hydrogen-bond acceptors (Lipinski definition) is 5. The molecule has 160 valence electrons. The zero-order chi connectivity index (χ0) is 22.1. The van der Waals surface area contributed by atoms with Crippen LogP contribution in [0.2, 0.25) is 0 Å². The van der Waals surface area contributed by atoms with Gasteiger partial charge in [-0.3, -0.25) is 4.79 Å². The van der Waals surface area contributed by atoms with E-state index in [0.29, 0.717) is 5.57 Å². The number of rotatable bonds is 10. The molecule has 6 heteroatoms. The number of anilines is 1. The van der Waals surface area contributed by atoms with Gasteiger partial charge in [-0.1, -0.05) is 32.0 Å². The molecule has 0 radical (unpaired) electrons. The lowest BCUT2D eigenvalue weighted by Crippen LogP contribution is -2.34. The highest BCUT2D eigenvalue weighted by Gasteiger charge is 2.15. The average Bonchev–Trinajstić information content (AvgIpc) is 2.76. The molecule has 3 N–H and O–H groups in total. The number of allylic oxidation sites excluding steroid dienone is 1. The van der Waals surface area contributed by atoms with Crippen molar-refractivity contribution in [3.05, 3.63) is 47.5 Å². The van der Waals surface area contributed by atoms with Crippen molar-refractivity contribution in [2.45, 2.75) is 39.7 Å².